The second-order valence-corrected chi connectivity index (χ2v) is 6.42. The lowest BCUT2D eigenvalue weighted by molar-refractivity contribution is -0.133. The van der Waals surface area contributed by atoms with Crippen LogP contribution in [0.4, 0.5) is 0 Å². The SMILES string of the molecule is CN(C)C(=O)C1CCCN1CCCNC(=O)c1ccccc1Cl. The highest BCUT2D eigenvalue weighted by Gasteiger charge is 2.30. The van der Waals surface area contributed by atoms with Crippen LogP contribution < -0.4 is 5.32 Å². The van der Waals surface area contributed by atoms with Gasteiger partial charge in [-0.2, -0.15) is 0 Å². The van der Waals surface area contributed by atoms with Crippen molar-refractivity contribution in [2.45, 2.75) is 25.3 Å². The van der Waals surface area contributed by atoms with Crippen molar-refractivity contribution in [2.75, 3.05) is 33.7 Å². The van der Waals surface area contributed by atoms with Crippen molar-refractivity contribution in [3.8, 4) is 0 Å². The molecule has 0 bridgehead atoms. The van der Waals surface area contributed by atoms with Gasteiger partial charge in [-0.05, 0) is 37.9 Å². The molecule has 1 aliphatic heterocycles. The summed E-state index contributed by atoms with van der Waals surface area (Å²) >= 11 is 6.01. The van der Waals surface area contributed by atoms with Crippen LogP contribution in [-0.4, -0.2) is 61.4 Å². The molecule has 5 nitrogen and oxygen atoms in total. The number of carbonyl (C=O) groups excluding carboxylic acids is 2. The van der Waals surface area contributed by atoms with Crippen LogP contribution in [-0.2, 0) is 4.79 Å². The number of halogens is 1. The maximum atomic E-state index is 12.1. The molecule has 1 aromatic rings. The standard InChI is InChI=1S/C17H24ClN3O2/c1-20(2)17(23)15-9-5-11-21(15)12-6-10-19-16(22)13-7-3-4-8-14(13)18/h3-4,7-8,15H,5-6,9-12H2,1-2H3,(H,19,22). The summed E-state index contributed by atoms with van der Waals surface area (Å²) < 4.78 is 0. The molecule has 6 heteroatoms. The summed E-state index contributed by atoms with van der Waals surface area (Å²) in [5.41, 5.74) is 0.496. The number of likely N-dealkylation sites (tertiary alicyclic amines) is 1. The van der Waals surface area contributed by atoms with E-state index in [-0.39, 0.29) is 17.9 Å². The highest BCUT2D eigenvalue weighted by Crippen LogP contribution is 2.19. The van der Waals surface area contributed by atoms with Gasteiger partial charge in [-0.1, -0.05) is 23.7 Å². The van der Waals surface area contributed by atoms with Crippen molar-refractivity contribution >= 4 is 23.4 Å². The van der Waals surface area contributed by atoms with Crippen molar-refractivity contribution in [3.05, 3.63) is 34.9 Å². The normalized spacial score (nSPS) is 18.0. The molecule has 0 radical (unpaired) electrons. The fourth-order valence-electron chi connectivity index (χ4n) is 2.90. The van der Waals surface area contributed by atoms with Gasteiger partial charge in [0, 0.05) is 27.2 Å². The molecule has 1 N–H and O–H groups in total. The van der Waals surface area contributed by atoms with Gasteiger partial charge in [-0.25, -0.2) is 0 Å². The van der Waals surface area contributed by atoms with E-state index in [0.717, 1.165) is 32.4 Å². The zero-order chi connectivity index (χ0) is 16.8. The Morgan fingerprint density at radius 2 is 2.09 bits per heavy atom. The van der Waals surface area contributed by atoms with E-state index in [1.807, 2.05) is 0 Å². The molecule has 0 aromatic heterocycles. The molecule has 2 amide bonds. The first-order valence-electron chi connectivity index (χ1n) is 7.98. The second kappa shape index (κ2) is 8.31. The Balaban J connectivity index is 1.76. The summed E-state index contributed by atoms with van der Waals surface area (Å²) in [7, 11) is 3.59. The Bertz CT molecular complexity index is 563. The number of benzene rings is 1. The number of hydrogen-bond donors (Lipinski definition) is 1. The van der Waals surface area contributed by atoms with Gasteiger partial charge in [0.2, 0.25) is 5.91 Å². The maximum absolute atomic E-state index is 12.1. The molecule has 1 aromatic carbocycles. The van der Waals surface area contributed by atoms with Crippen LogP contribution in [0.5, 0.6) is 0 Å². The van der Waals surface area contributed by atoms with E-state index < -0.39 is 0 Å². The molecule has 2 rings (SSSR count). The summed E-state index contributed by atoms with van der Waals surface area (Å²) in [6.07, 6.45) is 2.78. The zero-order valence-corrected chi connectivity index (χ0v) is 14.5. The number of rotatable bonds is 6. The molecule has 1 heterocycles. The van der Waals surface area contributed by atoms with Gasteiger partial charge in [-0.15, -0.1) is 0 Å². The van der Waals surface area contributed by atoms with Gasteiger partial charge in [0.15, 0.2) is 0 Å². The lowest BCUT2D eigenvalue weighted by Crippen LogP contribution is -2.43. The topological polar surface area (TPSA) is 52.7 Å². The van der Waals surface area contributed by atoms with Crippen LogP contribution in [0.25, 0.3) is 0 Å². The number of hydrogen-bond acceptors (Lipinski definition) is 3. The third kappa shape index (κ3) is 4.69. The van der Waals surface area contributed by atoms with Gasteiger partial charge in [0.25, 0.3) is 5.91 Å². The number of nitrogens with zero attached hydrogens (tertiary/aromatic N) is 2. The summed E-state index contributed by atoms with van der Waals surface area (Å²) in [6, 6.07) is 7.00. The Morgan fingerprint density at radius 3 is 2.78 bits per heavy atom. The molecule has 1 saturated heterocycles. The quantitative estimate of drug-likeness (QED) is 0.808. The minimum atomic E-state index is -0.155. The van der Waals surface area contributed by atoms with Gasteiger partial charge in [0.1, 0.15) is 0 Å². The molecule has 1 fully saturated rings. The Kier molecular flexibility index (Phi) is 6.42. The summed E-state index contributed by atoms with van der Waals surface area (Å²) in [5.74, 6) is 0.0144. The van der Waals surface area contributed by atoms with Crippen molar-refractivity contribution < 1.29 is 9.59 Å². The molecule has 0 saturated carbocycles. The van der Waals surface area contributed by atoms with E-state index >= 15 is 0 Å². The lowest BCUT2D eigenvalue weighted by atomic mass is 10.2. The van der Waals surface area contributed by atoms with Gasteiger partial charge < -0.3 is 10.2 Å². The van der Waals surface area contributed by atoms with E-state index in [9.17, 15) is 9.59 Å². The first-order valence-corrected chi connectivity index (χ1v) is 8.36. The van der Waals surface area contributed by atoms with Gasteiger partial charge >= 0.3 is 0 Å². The number of nitrogens with one attached hydrogen (secondary N) is 1. The summed E-state index contributed by atoms with van der Waals surface area (Å²) in [5, 5.41) is 3.34. The molecular weight excluding hydrogens is 314 g/mol. The highest BCUT2D eigenvalue weighted by atomic mass is 35.5. The average molecular weight is 338 g/mol. The molecular formula is C17H24ClN3O2. The lowest BCUT2D eigenvalue weighted by Gasteiger charge is -2.26. The van der Waals surface area contributed by atoms with E-state index in [0.29, 0.717) is 17.1 Å². The Hall–Kier alpha value is -1.59. The molecule has 126 valence electrons. The van der Waals surface area contributed by atoms with Crippen LogP contribution >= 0.6 is 11.6 Å². The Morgan fingerprint density at radius 1 is 1.35 bits per heavy atom. The predicted molar refractivity (Wildman–Crippen MR) is 91.7 cm³/mol. The fourth-order valence-corrected chi connectivity index (χ4v) is 3.12. The van der Waals surface area contributed by atoms with E-state index in [1.165, 1.54) is 0 Å². The van der Waals surface area contributed by atoms with Crippen LogP contribution in [0.15, 0.2) is 24.3 Å². The molecule has 1 aliphatic rings. The van der Waals surface area contributed by atoms with Crippen molar-refractivity contribution in [1.82, 2.24) is 15.1 Å². The zero-order valence-electron chi connectivity index (χ0n) is 13.7. The average Bonchev–Trinajstić information content (AvgIpc) is 2.99. The monoisotopic (exact) mass is 337 g/mol. The van der Waals surface area contributed by atoms with E-state index in [2.05, 4.69) is 10.2 Å². The minimum Gasteiger partial charge on any atom is -0.352 e. The van der Waals surface area contributed by atoms with Crippen molar-refractivity contribution in [1.29, 1.82) is 0 Å². The molecule has 1 unspecified atom stereocenters. The van der Waals surface area contributed by atoms with E-state index in [1.54, 1.807) is 43.3 Å². The number of amides is 2. The third-order valence-corrected chi connectivity index (χ3v) is 4.45. The third-order valence-electron chi connectivity index (χ3n) is 4.12. The van der Waals surface area contributed by atoms with Crippen molar-refractivity contribution in [3.63, 3.8) is 0 Å². The predicted octanol–water partition coefficient (Wildman–Crippen LogP) is 2.01. The molecule has 1 atom stereocenters. The highest BCUT2D eigenvalue weighted by molar-refractivity contribution is 6.33. The van der Waals surface area contributed by atoms with Crippen LogP contribution in [0.2, 0.25) is 5.02 Å². The smallest absolute Gasteiger partial charge is 0.252 e. The second-order valence-electron chi connectivity index (χ2n) is 6.02. The number of likely N-dealkylation sites (N-methyl/N-ethyl adjacent to an activating group) is 1. The molecule has 23 heavy (non-hydrogen) atoms. The summed E-state index contributed by atoms with van der Waals surface area (Å²) in [4.78, 5) is 28.0. The van der Waals surface area contributed by atoms with Gasteiger partial charge in [-0.3, -0.25) is 14.5 Å². The Labute approximate surface area is 142 Å². The minimum absolute atomic E-state index is 0.00994. The number of carbonyl (C=O) groups is 2. The molecule has 0 spiro atoms. The fraction of sp³-hybridized carbons (Fsp3) is 0.529. The first kappa shape index (κ1) is 17.8. The maximum Gasteiger partial charge on any atom is 0.252 e. The first-order chi connectivity index (χ1) is 11.0. The van der Waals surface area contributed by atoms with Crippen LogP contribution in [0, 0.1) is 0 Å². The largest absolute Gasteiger partial charge is 0.352 e. The molecule has 0 aliphatic carbocycles. The van der Waals surface area contributed by atoms with Crippen LogP contribution in [0.1, 0.15) is 29.6 Å². The van der Waals surface area contributed by atoms with E-state index in [4.69, 9.17) is 11.6 Å². The van der Waals surface area contributed by atoms with Crippen molar-refractivity contribution in [2.24, 2.45) is 0 Å². The van der Waals surface area contributed by atoms with Gasteiger partial charge in [0.05, 0.1) is 16.6 Å². The summed E-state index contributed by atoms with van der Waals surface area (Å²) in [6.45, 7) is 2.33. The van der Waals surface area contributed by atoms with Crippen LogP contribution in [0.3, 0.4) is 0 Å².